The number of aromatic nitrogens is 1. The Labute approximate surface area is 104 Å². The fourth-order valence-corrected chi connectivity index (χ4v) is 1.47. The number of halogens is 4. The first-order valence-electron chi connectivity index (χ1n) is 4.60. The lowest BCUT2D eigenvalue weighted by atomic mass is 10.1. The van der Waals surface area contributed by atoms with E-state index in [-0.39, 0.29) is 17.9 Å². The maximum atomic E-state index is 12.6. The van der Waals surface area contributed by atoms with Gasteiger partial charge in [0.1, 0.15) is 17.5 Å². The van der Waals surface area contributed by atoms with Gasteiger partial charge in [-0.15, -0.1) is 0 Å². The Bertz CT molecular complexity index is 530. The molecule has 2 rings (SSSR count). The number of carbonyl (C=O) groups excluding carboxylic acids is 1. The number of nitrogens with zero attached hydrogens (tertiary/aromatic N) is 2. The summed E-state index contributed by atoms with van der Waals surface area (Å²) in [5.41, 5.74) is 1.12. The molecule has 1 N–H and O–H groups in total. The highest BCUT2D eigenvalue weighted by Gasteiger charge is 2.34. The zero-order valence-electron chi connectivity index (χ0n) is 8.58. The minimum Gasteiger partial charge on any atom is -0.442 e. The summed E-state index contributed by atoms with van der Waals surface area (Å²) >= 11 is 5.37. The van der Waals surface area contributed by atoms with Crippen LogP contribution in [-0.2, 0) is 10.9 Å². The van der Waals surface area contributed by atoms with Crippen LogP contribution in [0.1, 0.15) is 11.1 Å². The van der Waals surface area contributed by atoms with Crippen molar-refractivity contribution in [3.05, 3.63) is 28.5 Å². The second kappa shape index (κ2) is 4.45. The number of nitrogens with one attached hydrogen (secondary N) is 1. The molecule has 1 aromatic rings. The number of hydrazone groups is 1. The van der Waals surface area contributed by atoms with E-state index in [1.54, 1.807) is 0 Å². The predicted molar refractivity (Wildman–Crippen MR) is 55.3 cm³/mol. The van der Waals surface area contributed by atoms with E-state index in [1.807, 2.05) is 5.43 Å². The quantitative estimate of drug-likeness (QED) is 0.802. The number of hydrogen-bond acceptors (Lipinski definition) is 4. The molecule has 0 fully saturated rings. The number of carbonyl (C=O) groups is 1. The lowest BCUT2D eigenvalue weighted by Gasteiger charge is -2.14. The molecule has 96 valence electrons. The van der Waals surface area contributed by atoms with Crippen molar-refractivity contribution in [1.29, 1.82) is 0 Å². The van der Waals surface area contributed by atoms with Crippen molar-refractivity contribution in [1.82, 2.24) is 10.4 Å². The molecule has 0 radical (unpaired) electrons. The molecule has 0 saturated carbocycles. The lowest BCUT2D eigenvalue weighted by molar-refractivity contribution is -0.137. The number of hydrogen-bond donors (Lipinski definition) is 1. The lowest BCUT2D eigenvalue weighted by Crippen LogP contribution is -2.31. The summed E-state index contributed by atoms with van der Waals surface area (Å²) in [7, 11) is 0. The van der Waals surface area contributed by atoms with Gasteiger partial charge in [-0.05, 0) is 6.07 Å². The van der Waals surface area contributed by atoms with Gasteiger partial charge in [0, 0.05) is 11.8 Å². The smallest absolute Gasteiger partial charge is 0.428 e. The van der Waals surface area contributed by atoms with Crippen LogP contribution in [0.3, 0.4) is 0 Å². The van der Waals surface area contributed by atoms with Gasteiger partial charge in [-0.2, -0.15) is 18.3 Å². The summed E-state index contributed by atoms with van der Waals surface area (Å²) in [4.78, 5) is 14.1. The second-order valence-corrected chi connectivity index (χ2v) is 3.66. The molecule has 2 heterocycles. The summed E-state index contributed by atoms with van der Waals surface area (Å²) in [6.07, 6.45) is -4.26. The third-order valence-electron chi connectivity index (χ3n) is 2.10. The number of ether oxygens (including phenoxy) is 1. The predicted octanol–water partition coefficient (Wildman–Crippen LogP) is 2.20. The Kier molecular flexibility index (Phi) is 3.12. The minimum atomic E-state index is -4.61. The third-order valence-corrected chi connectivity index (χ3v) is 2.40. The largest absolute Gasteiger partial charge is 0.442 e. The highest BCUT2D eigenvalue weighted by molar-refractivity contribution is 6.30. The van der Waals surface area contributed by atoms with Crippen LogP contribution < -0.4 is 5.43 Å². The van der Waals surface area contributed by atoms with E-state index in [1.165, 1.54) is 0 Å². The Morgan fingerprint density at radius 1 is 1.44 bits per heavy atom. The van der Waals surface area contributed by atoms with E-state index in [4.69, 9.17) is 11.6 Å². The van der Waals surface area contributed by atoms with Crippen LogP contribution in [0.2, 0.25) is 5.15 Å². The number of amides is 1. The van der Waals surface area contributed by atoms with Crippen LogP contribution in [0.25, 0.3) is 0 Å². The molecule has 0 spiro atoms. The maximum absolute atomic E-state index is 12.6. The van der Waals surface area contributed by atoms with E-state index in [0.29, 0.717) is 0 Å². The van der Waals surface area contributed by atoms with E-state index in [2.05, 4.69) is 14.8 Å². The highest BCUT2D eigenvalue weighted by Crippen LogP contribution is 2.34. The first-order valence-corrected chi connectivity index (χ1v) is 4.98. The summed E-state index contributed by atoms with van der Waals surface area (Å²) in [5.74, 6) is 0. The average molecular weight is 280 g/mol. The summed E-state index contributed by atoms with van der Waals surface area (Å²) in [6.45, 7) is -0.230. The molecule has 1 aromatic heterocycles. The van der Waals surface area contributed by atoms with Crippen molar-refractivity contribution in [2.75, 3.05) is 6.61 Å². The fourth-order valence-electron chi connectivity index (χ4n) is 1.26. The molecule has 0 bridgehead atoms. The molecule has 5 nitrogen and oxygen atoms in total. The number of cyclic esters (lactones) is 1. The topological polar surface area (TPSA) is 63.6 Å². The summed E-state index contributed by atoms with van der Waals surface area (Å²) in [5, 5.41) is 2.93. The van der Waals surface area contributed by atoms with Gasteiger partial charge in [-0.25, -0.2) is 15.2 Å². The SMILES string of the molecule is O=C1NN=C(c2cnc(Cl)c(C(F)(F)F)c2)CO1. The molecule has 1 aliphatic heterocycles. The van der Waals surface area contributed by atoms with Crippen molar-refractivity contribution in [2.45, 2.75) is 6.18 Å². The van der Waals surface area contributed by atoms with Gasteiger partial charge in [0.15, 0.2) is 0 Å². The fraction of sp³-hybridized carbons (Fsp3) is 0.222. The normalized spacial score (nSPS) is 15.8. The number of alkyl halides is 3. The van der Waals surface area contributed by atoms with Crippen molar-refractivity contribution in [3.63, 3.8) is 0 Å². The molecular weight excluding hydrogens is 275 g/mol. The van der Waals surface area contributed by atoms with Gasteiger partial charge in [0.05, 0.1) is 5.56 Å². The molecule has 1 amide bonds. The third kappa shape index (κ3) is 2.53. The van der Waals surface area contributed by atoms with Gasteiger partial charge in [-0.1, -0.05) is 11.6 Å². The van der Waals surface area contributed by atoms with E-state index in [0.717, 1.165) is 12.3 Å². The zero-order chi connectivity index (χ0) is 13.3. The first-order chi connectivity index (χ1) is 8.38. The zero-order valence-corrected chi connectivity index (χ0v) is 9.34. The van der Waals surface area contributed by atoms with Crippen molar-refractivity contribution in [2.24, 2.45) is 5.10 Å². The van der Waals surface area contributed by atoms with Crippen molar-refractivity contribution in [3.8, 4) is 0 Å². The van der Waals surface area contributed by atoms with Gasteiger partial charge < -0.3 is 4.74 Å². The van der Waals surface area contributed by atoms with Crippen LogP contribution in [0, 0.1) is 0 Å². The van der Waals surface area contributed by atoms with E-state index in [9.17, 15) is 18.0 Å². The Morgan fingerprint density at radius 3 is 2.72 bits per heavy atom. The maximum Gasteiger partial charge on any atom is 0.428 e. The Morgan fingerprint density at radius 2 is 2.17 bits per heavy atom. The highest BCUT2D eigenvalue weighted by atomic mass is 35.5. The molecule has 0 atom stereocenters. The van der Waals surface area contributed by atoms with Gasteiger partial charge >= 0.3 is 12.3 Å². The molecule has 0 aliphatic carbocycles. The van der Waals surface area contributed by atoms with Gasteiger partial charge in [0.25, 0.3) is 0 Å². The van der Waals surface area contributed by atoms with E-state index < -0.39 is 23.0 Å². The van der Waals surface area contributed by atoms with Gasteiger partial charge in [0.2, 0.25) is 0 Å². The molecular formula is C9H5ClF3N3O2. The molecule has 0 aromatic carbocycles. The average Bonchev–Trinajstić information content (AvgIpc) is 2.29. The van der Waals surface area contributed by atoms with Crippen molar-refractivity contribution < 1.29 is 22.7 Å². The minimum absolute atomic E-state index is 0.0757. The molecule has 9 heteroatoms. The molecule has 0 saturated heterocycles. The van der Waals surface area contributed by atoms with Crippen LogP contribution in [-0.4, -0.2) is 23.4 Å². The summed E-state index contributed by atoms with van der Waals surface area (Å²) < 4.78 is 42.4. The number of pyridine rings is 1. The van der Waals surface area contributed by atoms with E-state index >= 15 is 0 Å². The number of rotatable bonds is 1. The summed E-state index contributed by atoms with van der Waals surface area (Å²) in [6, 6.07) is 0.801. The van der Waals surface area contributed by atoms with Crippen LogP contribution >= 0.6 is 11.6 Å². The molecule has 18 heavy (non-hydrogen) atoms. The van der Waals surface area contributed by atoms with Crippen LogP contribution in [0.5, 0.6) is 0 Å². The first kappa shape index (κ1) is 12.6. The second-order valence-electron chi connectivity index (χ2n) is 3.31. The molecule has 0 unspecified atom stereocenters. The monoisotopic (exact) mass is 279 g/mol. The standard InChI is InChI=1S/C9H5ClF3N3O2/c10-7-5(9(11,12)13)1-4(2-14-7)6-3-18-8(17)16-15-6/h1-2H,3H2,(H,16,17). The van der Waals surface area contributed by atoms with Crippen LogP contribution in [0.4, 0.5) is 18.0 Å². The Hall–Kier alpha value is -1.83. The van der Waals surface area contributed by atoms with Crippen molar-refractivity contribution >= 4 is 23.4 Å². The van der Waals surface area contributed by atoms with Gasteiger partial charge in [-0.3, -0.25) is 0 Å². The Balaban J connectivity index is 2.39. The molecule has 1 aliphatic rings. The van der Waals surface area contributed by atoms with Crippen LogP contribution in [0.15, 0.2) is 17.4 Å².